The van der Waals surface area contributed by atoms with Gasteiger partial charge in [-0.1, -0.05) is 56.3 Å². The minimum absolute atomic E-state index is 0.00440. The molecule has 0 saturated heterocycles. The van der Waals surface area contributed by atoms with E-state index in [9.17, 15) is 14.7 Å². The molecule has 2 heterocycles. The molecule has 3 aromatic carbocycles. The van der Waals surface area contributed by atoms with E-state index in [1.807, 2.05) is 36.4 Å². The standard InChI is InChI=1S/C32H30N2O5S/c1-19(2)18-39-24-15-13-23(14-16-24)34-27(22-11-8-12-25(17-22)38-4)26(29(36)32(34)37)28(35)30-20(3)33-31(40-30)21-9-6-5-7-10-21/h5-17,19,27,36H,18H2,1-4H3. The maximum absolute atomic E-state index is 14.1. The lowest BCUT2D eigenvalue weighted by Gasteiger charge is -2.27. The van der Waals surface area contributed by atoms with E-state index in [2.05, 4.69) is 18.8 Å². The summed E-state index contributed by atoms with van der Waals surface area (Å²) < 4.78 is 11.2. The number of rotatable bonds is 9. The number of benzene rings is 3. The smallest absolute Gasteiger partial charge is 0.294 e. The van der Waals surface area contributed by atoms with Gasteiger partial charge in [0.15, 0.2) is 5.76 Å². The Hall–Kier alpha value is -4.43. The normalized spacial score (nSPS) is 15.2. The van der Waals surface area contributed by atoms with Crippen molar-refractivity contribution < 1.29 is 24.2 Å². The Labute approximate surface area is 237 Å². The van der Waals surface area contributed by atoms with Gasteiger partial charge in [-0.15, -0.1) is 11.3 Å². The molecule has 1 unspecified atom stereocenters. The van der Waals surface area contributed by atoms with Crippen molar-refractivity contribution in [2.24, 2.45) is 5.92 Å². The van der Waals surface area contributed by atoms with Crippen LogP contribution in [0.5, 0.6) is 11.5 Å². The number of Topliss-reactive ketones (excluding diaryl/α,β-unsaturated/α-hetero) is 1. The Morgan fingerprint density at radius 3 is 2.42 bits per heavy atom. The summed E-state index contributed by atoms with van der Waals surface area (Å²) in [6, 6.07) is 23.0. The largest absolute Gasteiger partial charge is 0.503 e. The number of ketones is 1. The zero-order valence-corrected chi connectivity index (χ0v) is 23.6. The second-order valence-electron chi connectivity index (χ2n) is 9.94. The Morgan fingerprint density at radius 1 is 1.02 bits per heavy atom. The molecule has 1 aliphatic heterocycles. The van der Waals surface area contributed by atoms with E-state index in [4.69, 9.17) is 9.47 Å². The Kier molecular flexibility index (Phi) is 7.71. The van der Waals surface area contributed by atoms with Crippen molar-refractivity contribution in [1.82, 2.24) is 4.98 Å². The monoisotopic (exact) mass is 554 g/mol. The van der Waals surface area contributed by atoms with Crippen molar-refractivity contribution in [3.63, 3.8) is 0 Å². The third kappa shape index (κ3) is 5.22. The fourth-order valence-corrected chi connectivity index (χ4v) is 5.66. The van der Waals surface area contributed by atoms with Gasteiger partial charge in [0.25, 0.3) is 5.91 Å². The summed E-state index contributed by atoms with van der Waals surface area (Å²) in [6.07, 6.45) is 0. The third-order valence-corrected chi connectivity index (χ3v) is 7.79. The van der Waals surface area contributed by atoms with E-state index in [-0.39, 0.29) is 5.57 Å². The van der Waals surface area contributed by atoms with Crippen molar-refractivity contribution in [3.05, 3.63) is 106 Å². The Morgan fingerprint density at radius 2 is 1.75 bits per heavy atom. The van der Waals surface area contributed by atoms with E-state index in [1.165, 1.54) is 16.2 Å². The lowest BCUT2D eigenvalue weighted by molar-refractivity contribution is -0.117. The second kappa shape index (κ2) is 11.4. The maximum atomic E-state index is 14.1. The van der Waals surface area contributed by atoms with Gasteiger partial charge in [-0.05, 0) is 54.8 Å². The van der Waals surface area contributed by atoms with Crippen LogP contribution in [0, 0.1) is 12.8 Å². The summed E-state index contributed by atoms with van der Waals surface area (Å²) in [7, 11) is 1.55. The van der Waals surface area contributed by atoms with Gasteiger partial charge in [0.1, 0.15) is 16.5 Å². The number of nitrogens with zero attached hydrogens (tertiary/aromatic N) is 2. The topological polar surface area (TPSA) is 89.0 Å². The van der Waals surface area contributed by atoms with Crippen LogP contribution < -0.4 is 14.4 Å². The molecule has 4 aromatic rings. The van der Waals surface area contributed by atoms with Gasteiger partial charge in [0.2, 0.25) is 5.78 Å². The predicted octanol–water partition coefficient (Wildman–Crippen LogP) is 6.94. The van der Waals surface area contributed by atoms with Crippen molar-refractivity contribution in [3.8, 4) is 22.1 Å². The van der Waals surface area contributed by atoms with Gasteiger partial charge in [0.05, 0.1) is 35.9 Å². The number of amides is 1. The van der Waals surface area contributed by atoms with Crippen LogP contribution in [0.2, 0.25) is 0 Å². The van der Waals surface area contributed by atoms with Gasteiger partial charge in [0, 0.05) is 11.3 Å². The fourth-order valence-electron chi connectivity index (χ4n) is 4.63. The van der Waals surface area contributed by atoms with E-state index >= 15 is 0 Å². The van der Waals surface area contributed by atoms with Crippen molar-refractivity contribution in [1.29, 1.82) is 0 Å². The first-order valence-corrected chi connectivity index (χ1v) is 13.8. The summed E-state index contributed by atoms with van der Waals surface area (Å²) >= 11 is 1.25. The van der Waals surface area contributed by atoms with Gasteiger partial charge in [-0.25, -0.2) is 4.98 Å². The van der Waals surface area contributed by atoms with Crippen LogP contribution in [-0.2, 0) is 4.79 Å². The number of carbonyl (C=O) groups is 2. The van der Waals surface area contributed by atoms with Gasteiger partial charge < -0.3 is 14.6 Å². The summed E-state index contributed by atoms with van der Waals surface area (Å²) in [5.41, 5.74) is 2.59. The van der Waals surface area contributed by atoms with E-state index in [0.29, 0.717) is 50.9 Å². The van der Waals surface area contributed by atoms with E-state index < -0.39 is 23.5 Å². The Bertz CT molecular complexity index is 1570. The molecule has 5 rings (SSSR count). The molecule has 1 amide bonds. The van der Waals surface area contributed by atoms with Crippen LogP contribution in [0.4, 0.5) is 5.69 Å². The highest BCUT2D eigenvalue weighted by molar-refractivity contribution is 7.17. The highest BCUT2D eigenvalue weighted by atomic mass is 32.1. The lowest BCUT2D eigenvalue weighted by atomic mass is 9.94. The molecule has 40 heavy (non-hydrogen) atoms. The zero-order chi connectivity index (χ0) is 28.4. The van der Waals surface area contributed by atoms with Crippen molar-refractivity contribution >= 4 is 28.7 Å². The molecule has 0 aliphatic carbocycles. The molecule has 8 heteroatoms. The molecular weight excluding hydrogens is 524 g/mol. The number of aromatic nitrogens is 1. The highest BCUT2D eigenvalue weighted by Crippen LogP contribution is 2.44. The molecule has 0 bridgehead atoms. The molecule has 0 fully saturated rings. The molecule has 1 aliphatic rings. The molecule has 0 saturated carbocycles. The average Bonchev–Trinajstić information content (AvgIpc) is 3.49. The molecule has 0 radical (unpaired) electrons. The number of ether oxygens (including phenoxy) is 2. The summed E-state index contributed by atoms with van der Waals surface area (Å²) in [6.45, 7) is 6.46. The number of thiazole rings is 1. The molecular formula is C32H30N2O5S. The number of hydrogen-bond acceptors (Lipinski definition) is 7. The third-order valence-electron chi connectivity index (χ3n) is 6.58. The second-order valence-corrected chi connectivity index (χ2v) is 10.9. The van der Waals surface area contributed by atoms with Crippen LogP contribution in [-0.4, -0.2) is 35.5 Å². The van der Waals surface area contributed by atoms with Crippen LogP contribution in [0.15, 0.2) is 90.2 Å². The number of carbonyl (C=O) groups excluding carboxylic acids is 2. The quantitative estimate of drug-likeness (QED) is 0.225. The number of aliphatic hydroxyl groups is 1. The molecule has 204 valence electrons. The lowest BCUT2D eigenvalue weighted by Crippen LogP contribution is -2.31. The molecule has 1 aromatic heterocycles. The number of aryl methyl sites for hydroxylation is 1. The SMILES string of the molecule is COc1cccc(C2C(C(=O)c3sc(-c4ccccc4)nc3C)=C(O)C(=O)N2c2ccc(OCC(C)C)cc2)c1. The summed E-state index contributed by atoms with van der Waals surface area (Å²) in [5.74, 6) is -0.0607. The van der Waals surface area contributed by atoms with Gasteiger partial charge in [-0.2, -0.15) is 0 Å². The minimum atomic E-state index is -0.876. The van der Waals surface area contributed by atoms with Gasteiger partial charge >= 0.3 is 0 Å². The van der Waals surface area contributed by atoms with Crippen molar-refractivity contribution in [2.75, 3.05) is 18.6 Å². The number of aliphatic hydroxyl groups excluding tert-OH is 1. The maximum Gasteiger partial charge on any atom is 0.294 e. The summed E-state index contributed by atoms with van der Waals surface area (Å²) in [4.78, 5) is 34.1. The van der Waals surface area contributed by atoms with Crippen LogP contribution in [0.3, 0.4) is 0 Å². The first-order valence-electron chi connectivity index (χ1n) is 13.0. The fraction of sp³-hybridized carbons (Fsp3) is 0.219. The van der Waals surface area contributed by atoms with Gasteiger partial charge in [-0.3, -0.25) is 14.5 Å². The van der Waals surface area contributed by atoms with Crippen LogP contribution in [0.1, 0.15) is 40.8 Å². The Balaban J connectivity index is 1.57. The average molecular weight is 555 g/mol. The molecule has 1 N–H and O–H groups in total. The summed E-state index contributed by atoms with van der Waals surface area (Å²) in [5, 5.41) is 11.9. The molecule has 7 nitrogen and oxygen atoms in total. The van der Waals surface area contributed by atoms with Crippen molar-refractivity contribution in [2.45, 2.75) is 26.8 Å². The first-order chi connectivity index (χ1) is 19.3. The van der Waals surface area contributed by atoms with E-state index in [1.54, 1.807) is 56.5 Å². The molecule has 1 atom stereocenters. The van der Waals surface area contributed by atoms with Crippen LogP contribution >= 0.6 is 11.3 Å². The predicted molar refractivity (Wildman–Crippen MR) is 156 cm³/mol. The van der Waals surface area contributed by atoms with E-state index in [0.717, 1.165) is 5.56 Å². The highest BCUT2D eigenvalue weighted by Gasteiger charge is 2.45. The number of anilines is 1. The molecule has 0 spiro atoms. The number of hydrogen-bond donors (Lipinski definition) is 1. The minimum Gasteiger partial charge on any atom is -0.503 e. The first kappa shape index (κ1) is 27.1. The zero-order valence-electron chi connectivity index (χ0n) is 22.8. The number of methoxy groups -OCH3 is 1. The van der Waals surface area contributed by atoms with Crippen LogP contribution in [0.25, 0.3) is 10.6 Å².